The molecule has 0 saturated heterocycles. The van der Waals surface area contributed by atoms with Crippen molar-refractivity contribution in [2.75, 3.05) is 17.1 Å². The molecule has 0 radical (unpaired) electrons. The number of nitrogens with zero attached hydrogens (tertiary/aromatic N) is 2. The normalized spacial score (nSPS) is 14.5. The molecule has 1 fully saturated rings. The maximum Gasteiger partial charge on any atom is 0.244 e. The SMILES string of the molecule is CC(C)c1ccc(N(CC(=O)N(Cc2cccc(Br)c2)C(Cc2ccccc2)C(=O)NC2CCCC2)S(C)(=O)=O)cc1. The molecule has 3 aromatic rings. The maximum atomic E-state index is 14.2. The largest absolute Gasteiger partial charge is 0.352 e. The van der Waals surface area contributed by atoms with Gasteiger partial charge in [0.05, 0.1) is 11.9 Å². The number of carbonyl (C=O) groups is 2. The molecule has 0 heterocycles. The zero-order chi connectivity index (χ0) is 30.3. The Kier molecular flexibility index (Phi) is 10.8. The zero-order valence-corrected chi connectivity index (χ0v) is 26.9. The molecule has 3 aromatic carbocycles. The van der Waals surface area contributed by atoms with Crippen molar-refractivity contribution in [3.63, 3.8) is 0 Å². The van der Waals surface area contributed by atoms with E-state index in [1.165, 1.54) is 0 Å². The van der Waals surface area contributed by atoms with Gasteiger partial charge in [-0.25, -0.2) is 8.42 Å². The molecule has 224 valence electrons. The van der Waals surface area contributed by atoms with Crippen LogP contribution in [0.15, 0.2) is 83.3 Å². The van der Waals surface area contributed by atoms with Crippen LogP contribution in [0.25, 0.3) is 0 Å². The lowest BCUT2D eigenvalue weighted by Crippen LogP contribution is -2.54. The lowest BCUT2D eigenvalue weighted by molar-refractivity contribution is -0.140. The van der Waals surface area contributed by atoms with Gasteiger partial charge in [0.2, 0.25) is 21.8 Å². The minimum absolute atomic E-state index is 0.0746. The van der Waals surface area contributed by atoms with Gasteiger partial charge in [0.15, 0.2) is 0 Å². The second kappa shape index (κ2) is 14.3. The van der Waals surface area contributed by atoms with E-state index in [9.17, 15) is 18.0 Å². The molecule has 1 unspecified atom stereocenters. The Balaban J connectivity index is 1.71. The van der Waals surface area contributed by atoms with E-state index in [1.54, 1.807) is 17.0 Å². The minimum Gasteiger partial charge on any atom is -0.352 e. The van der Waals surface area contributed by atoms with Crippen LogP contribution in [0.2, 0.25) is 0 Å². The number of carbonyl (C=O) groups excluding carboxylic acids is 2. The van der Waals surface area contributed by atoms with Crippen molar-refractivity contribution in [2.24, 2.45) is 0 Å². The number of nitrogens with one attached hydrogen (secondary N) is 1. The van der Waals surface area contributed by atoms with Gasteiger partial charge in [0.25, 0.3) is 0 Å². The fraction of sp³-hybridized carbons (Fsp3) is 0.394. The first-order chi connectivity index (χ1) is 20.0. The Morgan fingerprint density at radius 3 is 2.17 bits per heavy atom. The first-order valence-corrected chi connectivity index (χ1v) is 17.1. The lowest BCUT2D eigenvalue weighted by Gasteiger charge is -2.34. The number of hydrogen-bond donors (Lipinski definition) is 1. The summed E-state index contributed by atoms with van der Waals surface area (Å²) in [7, 11) is -3.80. The highest BCUT2D eigenvalue weighted by Gasteiger charge is 2.34. The predicted molar refractivity (Wildman–Crippen MR) is 172 cm³/mol. The quantitative estimate of drug-likeness (QED) is 0.258. The smallest absolute Gasteiger partial charge is 0.244 e. The van der Waals surface area contributed by atoms with Crippen LogP contribution in [-0.2, 0) is 32.6 Å². The molecule has 4 rings (SSSR count). The summed E-state index contributed by atoms with van der Waals surface area (Å²) in [6.07, 6.45) is 5.36. The summed E-state index contributed by atoms with van der Waals surface area (Å²) in [6.45, 7) is 3.86. The van der Waals surface area contributed by atoms with Crippen LogP contribution in [0.5, 0.6) is 0 Å². The third-order valence-corrected chi connectivity index (χ3v) is 9.38. The van der Waals surface area contributed by atoms with Crippen LogP contribution in [0.3, 0.4) is 0 Å². The molecule has 9 heteroatoms. The predicted octanol–water partition coefficient (Wildman–Crippen LogP) is 6.04. The summed E-state index contributed by atoms with van der Waals surface area (Å²) in [5.41, 5.74) is 3.23. The van der Waals surface area contributed by atoms with Crippen molar-refractivity contribution in [3.8, 4) is 0 Å². The van der Waals surface area contributed by atoms with Gasteiger partial charge in [-0.2, -0.15) is 0 Å². The lowest BCUT2D eigenvalue weighted by atomic mass is 10.0. The number of hydrogen-bond acceptors (Lipinski definition) is 4. The van der Waals surface area contributed by atoms with Crippen LogP contribution in [-0.4, -0.2) is 50.0 Å². The van der Waals surface area contributed by atoms with Crippen molar-refractivity contribution in [3.05, 3.63) is 100 Å². The van der Waals surface area contributed by atoms with Crippen molar-refractivity contribution in [1.29, 1.82) is 0 Å². The highest BCUT2D eigenvalue weighted by atomic mass is 79.9. The maximum absolute atomic E-state index is 14.2. The average Bonchev–Trinajstić information content (AvgIpc) is 3.46. The summed E-state index contributed by atoms with van der Waals surface area (Å²) in [4.78, 5) is 29.7. The number of halogens is 1. The molecular weight excluding hydrogens is 614 g/mol. The van der Waals surface area contributed by atoms with E-state index in [1.807, 2.05) is 66.7 Å². The molecule has 1 aliphatic rings. The fourth-order valence-electron chi connectivity index (χ4n) is 5.39. The van der Waals surface area contributed by atoms with E-state index in [-0.39, 0.29) is 24.4 Å². The van der Waals surface area contributed by atoms with E-state index >= 15 is 0 Å². The van der Waals surface area contributed by atoms with Crippen LogP contribution in [0.4, 0.5) is 5.69 Å². The molecular formula is C33H40BrN3O4S. The standard InChI is InChI=1S/C33H40BrN3O4S/c1-24(2)27-16-18-30(19-17-27)37(42(3,40)41)23-32(38)36(22-26-12-9-13-28(34)20-26)31(21-25-10-5-4-6-11-25)33(39)35-29-14-7-8-15-29/h4-6,9-13,16-20,24,29,31H,7-8,14-15,21-23H2,1-3H3,(H,35,39). The number of amides is 2. The second-order valence-electron chi connectivity index (χ2n) is 11.4. The van der Waals surface area contributed by atoms with Gasteiger partial charge in [-0.15, -0.1) is 0 Å². The Morgan fingerprint density at radius 2 is 1.57 bits per heavy atom. The minimum atomic E-state index is -3.80. The summed E-state index contributed by atoms with van der Waals surface area (Å²) >= 11 is 3.51. The van der Waals surface area contributed by atoms with Gasteiger partial charge < -0.3 is 10.2 Å². The molecule has 0 bridgehead atoms. The van der Waals surface area contributed by atoms with Gasteiger partial charge in [-0.1, -0.05) is 97.2 Å². The topological polar surface area (TPSA) is 86.8 Å². The van der Waals surface area contributed by atoms with Gasteiger partial charge in [-0.05, 0) is 59.7 Å². The number of sulfonamides is 1. The number of anilines is 1. The fourth-order valence-corrected chi connectivity index (χ4v) is 6.69. The van der Waals surface area contributed by atoms with Crippen LogP contribution in [0, 0.1) is 0 Å². The summed E-state index contributed by atoms with van der Waals surface area (Å²) in [5, 5.41) is 3.19. The highest BCUT2D eigenvalue weighted by molar-refractivity contribution is 9.10. The Labute approximate surface area is 258 Å². The molecule has 0 aromatic heterocycles. The number of benzene rings is 3. The molecule has 7 nitrogen and oxygen atoms in total. The van der Waals surface area contributed by atoms with E-state index in [2.05, 4.69) is 35.1 Å². The second-order valence-corrected chi connectivity index (χ2v) is 14.2. The first-order valence-electron chi connectivity index (χ1n) is 14.5. The third kappa shape index (κ3) is 8.67. The zero-order valence-electron chi connectivity index (χ0n) is 24.5. The van der Waals surface area contributed by atoms with Crippen molar-refractivity contribution in [2.45, 2.75) is 70.5 Å². The molecule has 42 heavy (non-hydrogen) atoms. The van der Waals surface area contributed by atoms with Gasteiger partial charge in [0, 0.05) is 23.5 Å². The van der Waals surface area contributed by atoms with Crippen LogP contribution >= 0.6 is 15.9 Å². The molecule has 0 spiro atoms. The Morgan fingerprint density at radius 1 is 0.929 bits per heavy atom. The van der Waals surface area contributed by atoms with E-state index in [4.69, 9.17) is 0 Å². The van der Waals surface area contributed by atoms with E-state index in [0.717, 1.165) is 57.4 Å². The van der Waals surface area contributed by atoms with Crippen molar-refractivity contribution in [1.82, 2.24) is 10.2 Å². The van der Waals surface area contributed by atoms with Crippen LogP contribution < -0.4 is 9.62 Å². The van der Waals surface area contributed by atoms with E-state index < -0.39 is 28.5 Å². The highest BCUT2D eigenvalue weighted by Crippen LogP contribution is 2.24. The van der Waals surface area contributed by atoms with Gasteiger partial charge in [0.1, 0.15) is 12.6 Å². The summed E-state index contributed by atoms with van der Waals surface area (Å²) in [5.74, 6) is -0.387. The van der Waals surface area contributed by atoms with Crippen molar-refractivity contribution < 1.29 is 18.0 Å². The summed E-state index contributed by atoms with van der Waals surface area (Å²) < 4.78 is 28.0. The van der Waals surface area contributed by atoms with Gasteiger partial charge >= 0.3 is 0 Å². The van der Waals surface area contributed by atoms with Gasteiger partial charge in [-0.3, -0.25) is 13.9 Å². The molecule has 1 saturated carbocycles. The number of rotatable bonds is 12. The first kappa shape index (κ1) is 31.8. The van der Waals surface area contributed by atoms with E-state index in [0.29, 0.717) is 12.1 Å². The Bertz CT molecular complexity index is 1460. The molecule has 2 amide bonds. The third-order valence-electron chi connectivity index (χ3n) is 7.74. The molecule has 1 N–H and O–H groups in total. The van der Waals surface area contributed by atoms with Crippen molar-refractivity contribution >= 4 is 43.5 Å². The molecule has 0 aliphatic heterocycles. The Hall–Kier alpha value is -3.17. The monoisotopic (exact) mass is 653 g/mol. The van der Waals surface area contributed by atoms with Crippen LogP contribution in [0.1, 0.15) is 62.1 Å². The molecule has 1 aliphatic carbocycles. The molecule has 1 atom stereocenters. The summed E-state index contributed by atoms with van der Waals surface area (Å²) in [6, 6.07) is 23.7. The average molecular weight is 655 g/mol.